The first-order valence-corrected chi connectivity index (χ1v) is 5.31. The molecule has 1 aromatic carbocycles. The summed E-state index contributed by atoms with van der Waals surface area (Å²) in [6.45, 7) is 5.73. The fourth-order valence-electron chi connectivity index (χ4n) is 1.49. The Kier molecular flexibility index (Phi) is 4.62. The van der Waals surface area contributed by atoms with Gasteiger partial charge in [-0.15, -0.1) is 0 Å². The lowest BCUT2D eigenvalue weighted by atomic mass is 10.0. The van der Waals surface area contributed by atoms with E-state index in [0.29, 0.717) is 12.0 Å². The third-order valence-electron chi connectivity index (χ3n) is 2.49. The van der Waals surface area contributed by atoms with Crippen LogP contribution in [-0.4, -0.2) is 11.2 Å². The van der Waals surface area contributed by atoms with E-state index in [2.05, 4.69) is 6.58 Å². The Balaban J connectivity index is 2.62. The molecule has 0 fully saturated rings. The third kappa shape index (κ3) is 3.74. The first kappa shape index (κ1) is 12.8. The van der Waals surface area contributed by atoms with Gasteiger partial charge in [0.15, 0.2) is 0 Å². The van der Waals surface area contributed by atoms with Gasteiger partial charge in [-0.2, -0.15) is 0 Å². The molecule has 1 aromatic rings. The SMILES string of the molecule is C=C(CC)CC(O)Cc1ccc(F)cc1F. The lowest BCUT2D eigenvalue weighted by Gasteiger charge is -2.12. The van der Waals surface area contributed by atoms with Crippen LogP contribution in [-0.2, 0) is 6.42 Å². The van der Waals surface area contributed by atoms with Crippen molar-refractivity contribution in [2.45, 2.75) is 32.3 Å². The van der Waals surface area contributed by atoms with Gasteiger partial charge in [-0.1, -0.05) is 25.1 Å². The molecular formula is C13H16F2O. The molecule has 0 spiro atoms. The van der Waals surface area contributed by atoms with Crippen LogP contribution in [0.25, 0.3) is 0 Å². The van der Waals surface area contributed by atoms with Crippen molar-refractivity contribution in [1.29, 1.82) is 0 Å². The summed E-state index contributed by atoms with van der Waals surface area (Å²) in [5.74, 6) is -1.21. The van der Waals surface area contributed by atoms with E-state index in [0.717, 1.165) is 18.1 Å². The molecular weight excluding hydrogens is 210 g/mol. The van der Waals surface area contributed by atoms with Gasteiger partial charge in [-0.25, -0.2) is 8.78 Å². The Morgan fingerprint density at radius 2 is 2.12 bits per heavy atom. The van der Waals surface area contributed by atoms with Crippen molar-refractivity contribution >= 4 is 0 Å². The van der Waals surface area contributed by atoms with Gasteiger partial charge in [0.2, 0.25) is 0 Å². The van der Waals surface area contributed by atoms with Gasteiger partial charge in [0, 0.05) is 12.5 Å². The van der Waals surface area contributed by atoms with Gasteiger partial charge in [-0.05, 0) is 24.5 Å². The van der Waals surface area contributed by atoms with E-state index >= 15 is 0 Å². The van der Waals surface area contributed by atoms with Crippen molar-refractivity contribution in [3.63, 3.8) is 0 Å². The molecule has 0 saturated carbocycles. The molecule has 16 heavy (non-hydrogen) atoms. The highest BCUT2D eigenvalue weighted by molar-refractivity contribution is 5.19. The van der Waals surface area contributed by atoms with Crippen molar-refractivity contribution in [2.24, 2.45) is 0 Å². The first-order chi connectivity index (χ1) is 7.52. The molecule has 3 heteroatoms. The largest absolute Gasteiger partial charge is 0.392 e. The lowest BCUT2D eigenvalue weighted by molar-refractivity contribution is 0.173. The normalized spacial score (nSPS) is 12.5. The minimum Gasteiger partial charge on any atom is -0.392 e. The Hall–Kier alpha value is -1.22. The number of halogens is 2. The monoisotopic (exact) mass is 226 g/mol. The van der Waals surface area contributed by atoms with E-state index in [-0.39, 0.29) is 6.42 Å². The maximum absolute atomic E-state index is 13.3. The van der Waals surface area contributed by atoms with Crippen LogP contribution in [0, 0.1) is 11.6 Å². The molecule has 0 radical (unpaired) electrons. The Morgan fingerprint density at radius 1 is 1.44 bits per heavy atom. The predicted octanol–water partition coefficient (Wildman–Crippen LogP) is 3.22. The van der Waals surface area contributed by atoms with Crippen LogP contribution in [0.3, 0.4) is 0 Å². The molecule has 0 aliphatic carbocycles. The molecule has 1 rings (SSSR count). The van der Waals surface area contributed by atoms with Gasteiger partial charge >= 0.3 is 0 Å². The van der Waals surface area contributed by atoms with Crippen molar-refractivity contribution in [2.75, 3.05) is 0 Å². The van der Waals surface area contributed by atoms with Crippen LogP contribution in [0.2, 0.25) is 0 Å². The molecule has 0 amide bonds. The molecule has 0 aliphatic heterocycles. The van der Waals surface area contributed by atoms with E-state index in [4.69, 9.17) is 0 Å². The average molecular weight is 226 g/mol. The van der Waals surface area contributed by atoms with E-state index in [1.165, 1.54) is 12.1 Å². The van der Waals surface area contributed by atoms with Gasteiger partial charge in [0.1, 0.15) is 11.6 Å². The standard InChI is InChI=1S/C13H16F2O/c1-3-9(2)6-12(16)7-10-4-5-11(14)8-13(10)15/h4-5,8,12,16H,2-3,6-7H2,1H3. The van der Waals surface area contributed by atoms with Gasteiger partial charge in [-0.3, -0.25) is 0 Å². The Labute approximate surface area is 94.4 Å². The summed E-state index contributed by atoms with van der Waals surface area (Å²) in [4.78, 5) is 0. The lowest BCUT2D eigenvalue weighted by Crippen LogP contribution is -2.12. The van der Waals surface area contributed by atoms with Crippen LogP contribution < -0.4 is 0 Å². The minimum absolute atomic E-state index is 0.186. The molecule has 1 atom stereocenters. The molecule has 88 valence electrons. The van der Waals surface area contributed by atoms with Crippen molar-refractivity contribution in [3.8, 4) is 0 Å². The van der Waals surface area contributed by atoms with Crippen molar-refractivity contribution in [1.82, 2.24) is 0 Å². The van der Waals surface area contributed by atoms with Crippen LogP contribution in [0.1, 0.15) is 25.3 Å². The molecule has 0 bridgehead atoms. The quantitative estimate of drug-likeness (QED) is 0.764. The summed E-state index contributed by atoms with van der Waals surface area (Å²) < 4.78 is 25.9. The fourth-order valence-corrected chi connectivity index (χ4v) is 1.49. The number of rotatable bonds is 5. The zero-order valence-corrected chi connectivity index (χ0v) is 9.34. The molecule has 0 aliphatic rings. The topological polar surface area (TPSA) is 20.2 Å². The summed E-state index contributed by atoms with van der Waals surface area (Å²) >= 11 is 0. The van der Waals surface area contributed by atoms with Crippen LogP contribution >= 0.6 is 0 Å². The number of aliphatic hydroxyl groups excluding tert-OH is 1. The average Bonchev–Trinajstić information content (AvgIpc) is 2.22. The van der Waals surface area contributed by atoms with Gasteiger partial charge in [0.25, 0.3) is 0 Å². The summed E-state index contributed by atoms with van der Waals surface area (Å²) in [5.41, 5.74) is 1.26. The zero-order chi connectivity index (χ0) is 12.1. The summed E-state index contributed by atoms with van der Waals surface area (Å²) in [5, 5.41) is 9.68. The molecule has 1 unspecified atom stereocenters. The minimum atomic E-state index is -0.660. The predicted molar refractivity (Wildman–Crippen MR) is 60.1 cm³/mol. The number of benzene rings is 1. The Morgan fingerprint density at radius 3 is 2.69 bits per heavy atom. The molecule has 0 aromatic heterocycles. The maximum atomic E-state index is 13.3. The third-order valence-corrected chi connectivity index (χ3v) is 2.49. The summed E-state index contributed by atoms with van der Waals surface area (Å²) in [6.07, 6.45) is 0.772. The van der Waals surface area contributed by atoms with Gasteiger partial charge < -0.3 is 5.11 Å². The molecule has 1 N–H and O–H groups in total. The fraction of sp³-hybridized carbons (Fsp3) is 0.385. The second-order valence-corrected chi connectivity index (χ2v) is 3.90. The second kappa shape index (κ2) is 5.75. The molecule has 0 heterocycles. The number of hydrogen-bond donors (Lipinski definition) is 1. The number of hydrogen-bond acceptors (Lipinski definition) is 1. The van der Waals surface area contributed by atoms with E-state index in [1.54, 1.807) is 0 Å². The van der Waals surface area contributed by atoms with E-state index in [9.17, 15) is 13.9 Å². The van der Waals surface area contributed by atoms with Crippen LogP contribution in [0.15, 0.2) is 30.4 Å². The molecule has 1 nitrogen and oxygen atoms in total. The van der Waals surface area contributed by atoms with Crippen LogP contribution in [0.5, 0.6) is 0 Å². The van der Waals surface area contributed by atoms with Crippen molar-refractivity contribution in [3.05, 3.63) is 47.5 Å². The summed E-state index contributed by atoms with van der Waals surface area (Å²) in [7, 11) is 0. The highest BCUT2D eigenvalue weighted by Gasteiger charge is 2.10. The molecule has 0 saturated heterocycles. The van der Waals surface area contributed by atoms with E-state index < -0.39 is 17.7 Å². The smallest absolute Gasteiger partial charge is 0.129 e. The number of aliphatic hydroxyl groups is 1. The van der Waals surface area contributed by atoms with Crippen LogP contribution in [0.4, 0.5) is 8.78 Å². The second-order valence-electron chi connectivity index (χ2n) is 3.90. The zero-order valence-electron chi connectivity index (χ0n) is 9.34. The van der Waals surface area contributed by atoms with E-state index in [1.807, 2.05) is 6.92 Å². The first-order valence-electron chi connectivity index (χ1n) is 5.31. The van der Waals surface area contributed by atoms with Gasteiger partial charge in [0.05, 0.1) is 6.10 Å². The van der Waals surface area contributed by atoms with Crippen molar-refractivity contribution < 1.29 is 13.9 Å². The highest BCUT2D eigenvalue weighted by atomic mass is 19.1. The maximum Gasteiger partial charge on any atom is 0.129 e. The summed E-state index contributed by atoms with van der Waals surface area (Å²) in [6, 6.07) is 3.39. The highest BCUT2D eigenvalue weighted by Crippen LogP contribution is 2.15. The Bertz CT molecular complexity index is 374.